The molecule has 2 amide bonds. The van der Waals surface area contributed by atoms with Gasteiger partial charge in [-0.05, 0) is 62.1 Å². The van der Waals surface area contributed by atoms with Crippen molar-refractivity contribution in [2.45, 2.75) is 39.6 Å². The molecule has 168 valence electrons. The molecule has 5 heteroatoms. The van der Waals surface area contributed by atoms with E-state index >= 15 is 0 Å². The summed E-state index contributed by atoms with van der Waals surface area (Å²) in [5.74, 6) is 0.483. The Kier molecular flexibility index (Phi) is 6.70. The fourth-order valence-corrected chi connectivity index (χ4v) is 4.81. The number of nitrogens with zero attached hydrogens (tertiary/aromatic N) is 1. The minimum atomic E-state index is -0.321. The van der Waals surface area contributed by atoms with E-state index in [0.717, 1.165) is 22.3 Å². The smallest absolute Gasteiger partial charge is 0.272 e. The summed E-state index contributed by atoms with van der Waals surface area (Å²) in [5, 5.41) is 0. The van der Waals surface area contributed by atoms with Crippen LogP contribution in [-0.4, -0.2) is 17.9 Å². The molecule has 1 aliphatic rings. The van der Waals surface area contributed by atoms with Gasteiger partial charge in [0, 0.05) is 5.75 Å². The van der Waals surface area contributed by atoms with E-state index in [-0.39, 0.29) is 17.9 Å². The first kappa shape index (κ1) is 22.9. The molecular formula is C28H27NO3S. The Balaban J connectivity index is 1.78. The minimum absolute atomic E-state index is 0.0851. The number of hydrogen-bond acceptors (Lipinski definition) is 4. The van der Waals surface area contributed by atoms with Crippen molar-refractivity contribution < 1.29 is 14.3 Å². The van der Waals surface area contributed by atoms with Crippen molar-refractivity contribution in [3.05, 3.63) is 100.0 Å². The maximum Gasteiger partial charge on any atom is 0.272 e. The summed E-state index contributed by atoms with van der Waals surface area (Å²) in [4.78, 5) is 29.2. The first-order chi connectivity index (χ1) is 15.9. The van der Waals surface area contributed by atoms with E-state index < -0.39 is 0 Å². The number of rotatable bonds is 7. The lowest BCUT2D eigenvalue weighted by atomic mass is 10.0. The van der Waals surface area contributed by atoms with Crippen molar-refractivity contribution in [2.75, 3.05) is 4.90 Å². The second-order valence-corrected chi connectivity index (χ2v) is 9.34. The molecule has 0 spiro atoms. The van der Waals surface area contributed by atoms with Gasteiger partial charge in [0.1, 0.15) is 5.75 Å². The second kappa shape index (κ2) is 9.67. The van der Waals surface area contributed by atoms with Crippen LogP contribution < -0.4 is 9.64 Å². The molecule has 0 N–H and O–H groups in total. The van der Waals surface area contributed by atoms with Gasteiger partial charge in [-0.15, -0.1) is 11.8 Å². The number of aryl methyl sites for hydroxylation is 2. The van der Waals surface area contributed by atoms with Crippen LogP contribution in [0.4, 0.5) is 5.69 Å². The fraction of sp³-hybridized carbons (Fsp3) is 0.214. The first-order valence-electron chi connectivity index (χ1n) is 11.0. The van der Waals surface area contributed by atoms with Crippen molar-refractivity contribution in [2.24, 2.45) is 0 Å². The van der Waals surface area contributed by atoms with Crippen LogP contribution in [0.2, 0.25) is 0 Å². The van der Waals surface area contributed by atoms with Gasteiger partial charge in [0.25, 0.3) is 11.8 Å². The molecule has 4 nitrogen and oxygen atoms in total. The highest BCUT2D eigenvalue weighted by Gasteiger charge is 2.41. The first-order valence-corrected chi connectivity index (χ1v) is 12.0. The van der Waals surface area contributed by atoms with E-state index in [0.29, 0.717) is 27.7 Å². The number of carbonyl (C=O) groups is 2. The highest BCUT2D eigenvalue weighted by molar-refractivity contribution is 8.03. The Hall–Kier alpha value is -3.31. The lowest BCUT2D eigenvalue weighted by Crippen LogP contribution is -2.32. The zero-order valence-electron chi connectivity index (χ0n) is 19.3. The quantitative estimate of drug-likeness (QED) is 0.390. The van der Waals surface area contributed by atoms with Crippen molar-refractivity contribution in [1.29, 1.82) is 0 Å². The molecule has 4 rings (SSSR count). The van der Waals surface area contributed by atoms with Crippen LogP contribution in [-0.2, 0) is 15.3 Å². The Morgan fingerprint density at radius 1 is 0.848 bits per heavy atom. The molecule has 0 atom stereocenters. The fourth-order valence-electron chi connectivity index (χ4n) is 3.74. The second-order valence-electron chi connectivity index (χ2n) is 8.36. The number of benzene rings is 3. The Morgan fingerprint density at radius 2 is 1.55 bits per heavy atom. The summed E-state index contributed by atoms with van der Waals surface area (Å²) >= 11 is 1.41. The van der Waals surface area contributed by atoms with Gasteiger partial charge in [0.15, 0.2) is 0 Å². The summed E-state index contributed by atoms with van der Waals surface area (Å²) in [6, 6.07) is 23.1. The van der Waals surface area contributed by atoms with Gasteiger partial charge in [0.2, 0.25) is 0 Å². The van der Waals surface area contributed by atoms with Crippen molar-refractivity contribution >= 4 is 34.8 Å². The van der Waals surface area contributed by atoms with Gasteiger partial charge in [-0.1, -0.05) is 60.7 Å². The summed E-state index contributed by atoms with van der Waals surface area (Å²) in [6.07, 6.45) is -0.0851. The topological polar surface area (TPSA) is 46.6 Å². The van der Waals surface area contributed by atoms with Crippen LogP contribution in [0.5, 0.6) is 5.75 Å². The van der Waals surface area contributed by atoms with Crippen LogP contribution in [0.25, 0.3) is 5.57 Å². The van der Waals surface area contributed by atoms with Gasteiger partial charge in [-0.25, -0.2) is 4.90 Å². The molecule has 0 fully saturated rings. The predicted molar refractivity (Wildman–Crippen MR) is 135 cm³/mol. The maximum atomic E-state index is 13.8. The van der Waals surface area contributed by atoms with Crippen LogP contribution >= 0.6 is 11.8 Å². The van der Waals surface area contributed by atoms with E-state index in [2.05, 4.69) is 0 Å². The lowest BCUT2D eigenvalue weighted by molar-refractivity contribution is -0.119. The molecule has 33 heavy (non-hydrogen) atoms. The zero-order chi connectivity index (χ0) is 23.5. The highest BCUT2D eigenvalue weighted by atomic mass is 32.2. The number of thioether (sulfide) groups is 1. The van der Waals surface area contributed by atoms with Gasteiger partial charge in [-0.2, -0.15) is 0 Å². The molecule has 3 aromatic rings. The molecule has 0 aromatic heterocycles. The third kappa shape index (κ3) is 4.74. The Bertz CT molecular complexity index is 1230. The molecule has 0 unspecified atom stereocenters. The van der Waals surface area contributed by atoms with E-state index in [9.17, 15) is 9.59 Å². The summed E-state index contributed by atoms with van der Waals surface area (Å²) in [6.45, 7) is 7.89. The molecular weight excluding hydrogens is 430 g/mol. The van der Waals surface area contributed by atoms with Gasteiger partial charge in [0.05, 0.1) is 22.3 Å². The van der Waals surface area contributed by atoms with E-state index in [1.165, 1.54) is 16.7 Å². The summed E-state index contributed by atoms with van der Waals surface area (Å²) in [5.41, 5.74) is 4.99. The summed E-state index contributed by atoms with van der Waals surface area (Å²) < 4.78 is 5.92. The number of imide groups is 1. The number of hydrogen-bond donors (Lipinski definition) is 0. The Labute approximate surface area is 199 Å². The highest BCUT2D eigenvalue weighted by Crippen LogP contribution is 2.42. The molecule has 0 saturated carbocycles. The largest absolute Gasteiger partial charge is 0.489 e. The number of carbonyl (C=O) groups excluding carboxylic acids is 2. The molecule has 0 radical (unpaired) electrons. The average Bonchev–Trinajstić information content (AvgIpc) is 3.04. The molecule has 1 heterocycles. The summed E-state index contributed by atoms with van der Waals surface area (Å²) in [7, 11) is 0. The molecule has 0 bridgehead atoms. The number of anilines is 1. The lowest BCUT2D eigenvalue weighted by Gasteiger charge is -2.20. The van der Waals surface area contributed by atoms with Crippen molar-refractivity contribution in [3.63, 3.8) is 0 Å². The average molecular weight is 458 g/mol. The third-order valence-electron chi connectivity index (χ3n) is 5.53. The molecule has 1 aliphatic heterocycles. The minimum Gasteiger partial charge on any atom is -0.489 e. The SMILES string of the molecule is Cc1ccc(C2=C(SCc3ccccc3)C(=O)N(c3ccccc3OC(C)C)C2=O)cc1C. The van der Waals surface area contributed by atoms with Gasteiger partial charge < -0.3 is 4.74 Å². The standard InChI is InChI=1S/C28H27NO3S/c1-18(2)32-24-13-9-8-12-23(24)29-27(30)25(22-15-14-19(3)20(4)16-22)26(28(29)31)33-17-21-10-6-5-7-11-21/h5-16,18H,17H2,1-4H3. The van der Waals surface area contributed by atoms with Gasteiger partial charge in [-0.3, -0.25) is 9.59 Å². The predicted octanol–water partition coefficient (Wildman–Crippen LogP) is 6.31. The zero-order valence-corrected chi connectivity index (χ0v) is 20.1. The van der Waals surface area contributed by atoms with Gasteiger partial charge >= 0.3 is 0 Å². The monoisotopic (exact) mass is 457 g/mol. The van der Waals surface area contributed by atoms with Crippen LogP contribution in [0, 0.1) is 13.8 Å². The Morgan fingerprint density at radius 3 is 2.24 bits per heavy atom. The molecule has 0 saturated heterocycles. The van der Waals surface area contributed by atoms with E-state index in [1.807, 2.05) is 88.4 Å². The number of para-hydroxylation sites is 2. The van der Waals surface area contributed by atoms with E-state index in [4.69, 9.17) is 4.74 Å². The number of ether oxygens (including phenoxy) is 1. The molecule has 0 aliphatic carbocycles. The van der Waals surface area contributed by atoms with Crippen LogP contribution in [0.1, 0.15) is 36.1 Å². The van der Waals surface area contributed by atoms with Crippen LogP contribution in [0.15, 0.2) is 77.7 Å². The van der Waals surface area contributed by atoms with Crippen molar-refractivity contribution in [3.8, 4) is 5.75 Å². The number of amides is 2. The van der Waals surface area contributed by atoms with E-state index in [1.54, 1.807) is 12.1 Å². The molecule has 3 aromatic carbocycles. The third-order valence-corrected chi connectivity index (χ3v) is 6.68. The van der Waals surface area contributed by atoms with Crippen LogP contribution in [0.3, 0.4) is 0 Å². The normalized spacial score (nSPS) is 13.9. The van der Waals surface area contributed by atoms with Crippen molar-refractivity contribution in [1.82, 2.24) is 0 Å². The maximum absolute atomic E-state index is 13.8.